The summed E-state index contributed by atoms with van der Waals surface area (Å²) in [5.41, 5.74) is 0.990. The fourth-order valence-corrected chi connectivity index (χ4v) is 4.63. The van der Waals surface area contributed by atoms with Crippen molar-refractivity contribution in [1.29, 1.82) is 0 Å². The molecular weight excluding hydrogens is 475 g/mol. The summed E-state index contributed by atoms with van der Waals surface area (Å²) in [5, 5.41) is 6.47. The summed E-state index contributed by atoms with van der Waals surface area (Å²) < 4.78 is 27.2. The maximum Gasteiger partial charge on any atom is 0.243 e. The van der Waals surface area contributed by atoms with Gasteiger partial charge in [0.05, 0.1) is 11.4 Å². The van der Waals surface area contributed by atoms with E-state index in [1.807, 2.05) is 19.1 Å². The van der Waals surface area contributed by atoms with E-state index in [2.05, 4.69) is 29.5 Å². The van der Waals surface area contributed by atoms with E-state index in [4.69, 9.17) is 0 Å². The number of hydrogen-bond donors (Lipinski definition) is 2. The van der Waals surface area contributed by atoms with E-state index in [0.29, 0.717) is 30.4 Å². The van der Waals surface area contributed by atoms with Crippen LogP contribution in [0.3, 0.4) is 0 Å². The fraction of sp³-hybridized carbons (Fsp3) is 0.632. The zero-order valence-electron chi connectivity index (χ0n) is 16.6. The highest BCUT2D eigenvalue weighted by Gasteiger charge is 2.28. The third-order valence-electron chi connectivity index (χ3n) is 4.49. The third-order valence-corrected chi connectivity index (χ3v) is 6.37. The van der Waals surface area contributed by atoms with E-state index in [1.54, 1.807) is 16.4 Å². The maximum atomic E-state index is 12.8. The van der Waals surface area contributed by atoms with Gasteiger partial charge in [0.25, 0.3) is 0 Å². The predicted octanol–water partition coefficient (Wildman–Crippen LogP) is 3.19. The lowest BCUT2D eigenvalue weighted by molar-refractivity contribution is 0.281. The fourth-order valence-electron chi connectivity index (χ4n) is 3.04. The number of nitrogens with zero attached hydrogens (tertiary/aromatic N) is 2. The Labute approximate surface area is 181 Å². The lowest BCUT2D eigenvalue weighted by Gasteiger charge is -2.30. The first kappa shape index (κ1) is 24.2. The number of guanidine groups is 1. The Hall–Kier alpha value is -0.870. The number of sulfonamides is 1. The van der Waals surface area contributed by atoms with Crippen LogP contribution in [0.5, 0.6) is 0 Å². The van der Waals surface area contributed by atoms with Gasteiger partial charge in [0.2, 0.25) is 10.0 Å². The van der Waals surface area contributed by atoms with Crippen molar-refractivity contribution in [2.45, 2.75) is 51.5 Å². The molecule has 0 aromatic heterocycles. The molecule has 1 aromatic rings. The van der Waals surface area contributed by atoms with Gasteiger partial charge in [0.15, 0.2) is 5.96 Å². The summed E-state index contributed by atoms with van der Waals surface area (Å²) in [6.07, 6.45) is 3.07. The molecule has 154 valence electrons. The molecular formula is C19H33IN4O2S. The molecule has 0 amide bonds. The molecule has 1 aromatic carbocycles. The van der Waals surface area contributed by atoms with Crippen molar-refractivity contribution < 1.29 is 8.42 Å². The van der Waals surface area contributed by atoms with E-state index in [1.165, 1.54) is 0 Å². The van der Waals surface area contributed by atoms with E-state index in [9.17, 15) is 8.42 Å². The normalized spacial score (nSPS) is 18.6. The number of nitrogens with one attached hydrogen (secondary N) is 2. The second-order valence-electron chi connectivity index (χ2n) is 6.88. The van der Waals surface area contributed by atoms with Crippen LogP contribution in [0.25, 0.3) is 0 Å². The van der Waals surface area contributed by atoms with Gasteiger partial charge in [-0.15, -0.1) is 24.0 Å². The minimum Gasteiger partial charge on any atom is -0.357 e. The molecule has 8 heteroatoms. The highest BCUT2D eigenvalue weighted by Crippen LogP contribution is 2.23. The average Bonchev–Trinajstić information content (AvgIpc) is 2.64. The molecule has 0 saturated carbocycles. The molecule has 1 saturated heterocycles. The van der Waals surface area contributed by atoms with Crippen LogP contribution >= 0.6 is 24.0 Å². The second-order valence-corrected chi connectivity index (χ2v) is 8.81. The van der Waals surface area contributed by atoms with Gasteiger partial charge in [-0.05, 0) is 49.8 Å². The lowest BCUT2D eigenvalue weighted by Crippen LogP contribution is -2.39. The number of halogens is 1. The zero-order valence-corrected chi connectivity index (χ0v) is 19.7. The highest BCUT2D eigenvalue weighted by atomic mass is 127. The van der Waals surface area contributed by atoms with Crippen molar-refractivity contribution in [3.63, 3.8) is 0 Å². The van der Waals surface area contributed by atoms with Crippen LogP contribution in [-0.4, -0.2) is 44.9 Å². The van der Waals surface area contributed by atoms with Gasteiger partial charge < -0.3 is 10.6 Å². The lowest BCUT2D eigenvalue weighted by atomic mass is 10.0. The Kier molecular flexibility index (Phi) is 10.6. The molecule has 0 bridgehead atoms. The van der Waals surface area contributed by atoms with E-state index in [-0.39, 0.29) is 24.0 Å². The van der Waals surface area contributed by atoms with Gasteiger partial charge in [-0.25, -0.2) is 13.4 Å². The van der Waals surface area contributed by atoms with Crippen molar-refractivity contribution in [1.82, 2.24) is 14.9 Å². The molecule has 2 rings (SSSR count). The van der Waals surface area contributed by atoms with Crippen LogP contribution < -0.4 is 10.6 Å². The first-order chi connectivity index (χ1) is 12.5. The van der Waals surface area contributed by atoms with Gasteiger partial charge in [-0.3, -0.25) is 0 Å². The quantitative estimate of drug-likeness (QED) is 0.337. The molecule has 1 aliphatic rings. The topological polar surface area (TPSA) is 73.8 Å². The Balaban J connectivity index is 0.00000364. The van der Waals surface area contributed by atoms with Gasteiger partial charge in [-0.2, -0.15) is 4.31 Å². The number of aliphatic imine (C=N–C) groups is 1. The summed E-state index contributed by atoms with van der Waals surface area (Å²) in [6, 6.07) is 7.11. The van der Waals surface area contributed by atoms with Crippen molar-refractivity contribution in [2.24, 2.45) is 10.9 Å². The highest BCUT2D eigenvalue weighted by molar-refractivity contribution is 14.0. The maximum absolute atomic E-state index is 12.8. The molecule has 2 N–H and O–H groups in total. The molecule has 1 aliphatic heterocycles. The van der Waals surface area contributed by atoms with Crippen molar-refractivity contribution in [3.05, 3.63) is 29.8 Å². The Morgan fingerprint density at radius 2 is 1.93 bits per heavy atom. The van der Waals surface area contributed by atoms with Crippen LogP contribution in [-0.2, 0) is 16.6 Å². The first-order valence-corrected chi connectivity index (χ1v) is 11.0. The largest absolute Gasteiger partial charge is 0.357 e. The average molecular weight is 508 g/mol. The predicted molar refractivity (Wildman–Crippen MR) is 122 cm³/mol. The molecule has 27 heavy (non-hydrogen) atoms. The van der Waals surface area contributed by atoms with Crippen LogP contribution in [0.1, 0.15) is 45.6 Å². The molecule has 0 aliphatic carbocycles. The van der Waals surface area contributed by atoms with Crippen molar-refractivity contribution in [2.75, 3.05) is 26.2 Å². The molecule has 1 heterocycles. The summed E-state index contributed by atoms with van der Waals surface area (Å²) in [6.45, 7) is 9.68. The van der Waals surface area contributed by atoms with E-state index < -0.39 is 10.0 Å². The first-order valence-electron chi connectivity index (χ1n) is 9.58. The van der Waals surface area contributed by atoms with Crippen LogP contribution in [0, 0.1) is 5.92 Å². The Morgan fingerprint density at radius 3 is 2.52 bits per heavy atom. The minimum atomic E-state index is -3.39. The third kappa shape index (κ3) is 7.23. The monoisotopic (exact) mass is 508 g/mol. The SMILES string of the molecule is CCCNC(=NCc1ccc(S(=O)(=O)N2CCCC(C)C2)cc1)NCC.I. The number of piperidine rings is 1. The molecule has 0 spiro atoms. The van der Waals surface area contributed by atoms with Crippen LogP contribution in [0.15, 0.2) is 34.2 Å². The molecule has 1 fully saturated rings. The van der Waals surface area contributed by atoms with Gasteiger partial charge in [0, 0.05) is 26.2 Å². The summed E-state index contributed by atoms with van der Waals surface area (Å²) in [7, 11) is -3.39. The van der Waals surface area contributed by atoms with Crippen LogP contribution in [0.4, 0.5) is 0 Å². The molecule has 0 radical (unpaired) electrons. The van der Waals surface area contributed by atoms with Gasteiger partial charge >= 0.3 is 0 Å². The minimum absolute atomic E-state index is 0. The number of benzene rings is 1. The van der Waals surface area contributed by atoms with E-state index in [0.717, 1.165) is 43.9 Å². The Bertz CT molecular complexity index is 692. The van der Waals surface area contributed by atoms with E-state index >= 15 is 0 Å². The summed E-state index contributed by atoms with van der Waals surface area (Å²) in [5.74, 6) is 1.21. The summed E-state index contributed by atoms with van der Waals surface area (Å²) >= 11 is 0. The number of hydrogen-bond acceptors (Lipinski definition) is 3. The standard InChI is InChI=1S/C19H32N4O2S.HI/c1-4-12-21-19(20-5-2)22-14-17-8-10-18(11-9-17)26(24,25)23-13-6-7-16(3)15-23;/h8-11,16H,4-7,12-15H2,1-3H3,(H2,20,21,22);1H. The molecule has 6 nitrogen and oxygen atoms in total. The molecule has 1 unspecified atom stereocenters. The molecule has 1 atom stereocenters. The van der Waals surface area contributed by atoms with Crippen LogP contribution in [0.2, 0.25) is 0 Å². The van der Waals surface area contributed by atoms with Gasteiger partial charge in [0.1, 0.15) is 0 Å². The van der Waals surface area contributed by atoms with Crippen molar-refractivity contribution in [3.8, 4) is 0 Å². The van der Waals surface area contributed by atoms with Crippen molar-refractivity contribution >= 4 is 40.0 Å². The Morgan fingerprint density at radius 1 is 1.22 bits per heavy atom. The smallest absolute Gasteiger partial charge is 0.243 e. The zero-order chi connectivity index (χ0) is 19.0. The summed E-state index contributed by atoms with van der Waals surface area (Å²) in [4.78, 5) is 4.92. The number of rotatable bonds is 7. The van der Waals surface area contributed by atoms with Gasteiger partial charge in [-0.1, -0.05) is 26.0 Å². The second kappa shape index (κ2) is 11.9.